The van der Waals surface area contributed by atoms with Crippen LogP contribution in [0.15, 0.2) is 0 Å². The van der Waals surface area contributed by atoms with Gasteiger partial charge >= 0.3 is 5.97 Å². The van der Waals surface area contributed by atoms with Gasteiger partial charge in [-0.15, -0.1) is 0 Å². The van der Waals surface area contributed by atoms with Crippen LogP contribution < -0.4 is 0 Å². The quantitative estimate of drug-likeness (QED) is 0.534. The first kappa shape index (κ1) is 15.9. The second kappa shape index (κ2) is 8.07. The molecule has 0 amide bonds. The van der Waals surface area contributed by atoms with Crippen molar-refractivity contribution in [3.63, 3.8) is 0 Å². The van der Waals surface area contributed by atoms with Gasteiger partial charge in [0.25, 0.3) is 0 Å². The summed E-state index contributed by atoms with van der Waals surface area (Å²) in [4.78, 5) is 13.8. The van der Waals surface area contributed by atoms with E-state index in [9.17, 15) is 4.79 Å². The van der Waals surface area contributed by atoms with Crippen LogP contribution in [0.2, 0.25) is 0 Å². The summed E-state index contributed by atoms with van der Waals surface area (Å²) in [5.41, 5.74) is -0.387. The fourth-order valence-corrected chi connectivity index (χ4v) is 1.83. The van der Waals surface area contributed by atoms with E-state index in [1.807, 2.05) is 20.8 Å². The number of esters is 1. The molecule has 0 bridgehead atoms. The Morgan fingerprint density at radius 2 is 1.94 bits per heavy atom. The summed E-state index contributed by atoms with van der Waals surface area (Å²) in [5, 5.41) is 0.888. The first-order valence-corrected chi connectivity index (χ1v) is 7.01. The van der Waals surface area contributed by atoms with Crippen molar-refractivity contribution in [1.82, 2.24) is 4.90 Å². The summed E-state index contributed by atoms with van der Waals surface area (Å²) in [6.45, 7) is 10.1. The lowest BCUT2D eigenvalue weighted by Crippen LogP contribution is -2.36. The summed E-state index contributed by atoms with van der Waals surface area (Å²) in [6, 6.07) is 0. The highest BCUT2D eigenvalue weighted by molar-refractivity contribution is 9.09. The van der Waals surface area contributed by atoms with Crippen LogP contribution in [0.5, 0.6) is 0 Å². The van der Waals surface area contributed by atoms with Crippen LogP contribution in [-0.2, 0) is 9.53 Å². The standard InChI is InChI=1S/C12H24BrNO2/c1-5-6-8-14(9-7-13)10-11(15)16-12(2,3)4/h5-10H2,1-4H3. The second-order valence-corrected chi connectivity index (χ2v) is 5.70. The molecule has 0 saturated carbocycles. The topological polar surface area (TPSA) is 29.5 Å². The molecule has 96 valence electrons. The van der Waals surface area contributed by atoms with Gasteiger partial charge in [-0.2, -0.15) is 0 Å². The number of hydrogen-bond donors (Lipinski definition) is 0. The number of halogens is 1. The maximum Gasteiger partial charge on any atom is 0.320 e. The Bertz CT molecular complexity index is 202. The number of ether oxygens (including phenoxy) is 1. The SMILES string of the molecule is CCCCN(CCBr)CC(=O)OC(C)(C)C. The Hall–Kier alpha value is -0.0900. The second-order valence-electron chi connectivity index (χ2n) is 4.91. The molecule has 0 aliphatic rings. The zero-order valence-electron chi connectivity index (χ0n) is 10.9. The van der Waals surface area contributed by atoms with Gasteiger partial charge in [-0.1, -0.05) is 29.3 Å². The van der Waals surface area contributed by atoms with Crippen molar-refractivity contribution in [3.05, 3.63) is 0 Å². The summed E-state index contributed by atoms with van der Waals surface area (Å²) in [7, 11) is 0. The molecule has 0 atom stereocenters. The number of carbonyl (C=O) groups is 1. The zero-order valence-corrected chi connectivity index (χ0v) is 12.5. The van der Waals surface area contributed by atoms with E-state index in [2.05, 4.69) is 27.8 Å². The molecule has 4 heteroatoms. The lowest BCUT2D eigenvalue weighted by atomic mass is 10.2. The first-order chi connectivity index (χ1) is 7.39. The molecule has 0 N–H and O–H groups in total. The molecule has 0 rings (SSSR count). The molecule has 0 aromatic rings. The van der Waals surface area contributed by atoms with Gasteiger partial charge in [0.1, 0.15) is 5.60 Å². The van der Waals surface area contributed by atoms with Gasteiger partial charge in [0, 0.05) is 11.9 Å². The first-order valence-electron chi connectivity index (χ1n) is 5.89. The minimum atomic E-state index is -0.387. The van der Waals surface area contributed by atoms with E-state index in [0.717, 1.165) is 31.3 Å². The predicted octanol–water partition coefficient (Wildman–Crippen LogP) is 2.83. The fourth-order valence-electron chi connectivity index (χ4n) is 1.33. The van der Waals surface area contributed by atoms with E-state index in [1.165, 1.54) is 0 Å². The molecule has 0 spiro atoms. The van der Waals surface area contributed by atoms with E-state index < -0.39 is 0 Å². The highest BCUT2D eigenvalue weighted by Gasteiger charge is 2.18. The van der Waals surface area contributed by atoms with Crippen molar-refractivity contribution in [3.8, 4) is 0 Å². The Morgan fingerprint density at radius 1 is 1.31 bits per heavy atom. The monoisotopic (exact) mass is 293 g/mol. The zero-order chi connectivity index (χ0) is 12.6. The molecule has 0 fully saturated rings. The number of unbranched alkanes of at least 4 members (excludes halogenated alkanes) is 1. The minimum Gasteiger partial charge on any atom is -0.459 e. The van der Waals surface area contributed by atoms with Crippen LogP contribution in [0.4, 0.5) is 0 Å². The van der Waals surface area contributed by atoms with Crippen LogP contribution in [0.3, 0.4) is 0 Å². The molecule has 0 unspecified atom stereocenters. The molecule has 0 radical (unpaired) electrons. The number of hydrogen-bond acceptors (Lipinski definition) is 3. The van der Waals surface area contributed by atoms with Crippen LogP contribution in [0.25, 0.3) is 0 Å². The molecule has 3 nitrogen and oxygen atoms in total. The van der Waals surface area contributed by atoms with Crippen LogP contribution in [-0.4, -0.2) is 41.4 Å². The predicted molar refractivity (Wildman–Crippen MR) is 71.0 cm³/mol. The normalized spacial score (nSPS) is 11.9. The van der Waals surface area contributed by atoms with Crippen LogP contribution in [0.1, 0.15) is 40.5 Å². The molecular formula is C12H24BrNO2. The van der Waals surface area contributed by atoms with Gasteiger partial charge in [-0.25, -0.2) is 0 Å². The van der Waals surface area contributed by atoms with E-state index >= 15 is 0 Å². The van der Waals surface area contributed by atoms with Crippen molar-refractivity contribution in [2.45, 2.75) is 46.1 Å². The number of carbonyl (C=O) groups excluding carboxylic acids is 1. The summed E-state index contributed by atoms with van der Waals surface area (Å²) >= 11 is 3.40. The van der Waals surface area contributed by atoms with E-state index in [-0.39, 0.29) is 11.6 Å². The average Bonchev–Trinajstić information content (AvgIpc) is 2.11. The van der Waals surface area contributed by atoms with E-state index in [4.69, 9.17) is 4.74 Å². The smallest absolute Gasteiger partial charge is 0.320 e. The van der Waals surface area contributed by atoms with Gasteiger partial charge in [-0.3, -0.25) is 9.69 Å². The number of alkyl halides is 1. The van der Waals surface area contributed by atoms with Crippen LogP contribution in [0, 0.1) is 0 Å². The molecule has 0 aromatic heterocycles. The molecule has 0 aliphatic carbocycles. The Morgan fingerprint density at radius 3 is 2.38 bits per heavy atom. The maximum absolute atomic E-state index is 11.6. The van der Waals surface area contributed by atoms with Crippen molar-refractivity contribution in [2.75, 3.05) is 25.0 Å². The highest BCUT2D eigenvalue weighted by atomic mass is 79.9. The maximum atomic E-state index is 11.6. The van der Waals surface area contributed by atoms with E-state index in [0.29, 0.717) is 6.54 Å². The van der Waals surface area contributed by atoms with E-state index in [1.54, 1.807) is 0 Å². The van der Waals surface area contributed by atoms with Gasteiger partial charge in [0.05, 0.1) is 6.54 Å². The Kier molecular flexibility index (Phi) is 8.02. The number of rotatable bonds is 7. The fraction of sp³-hybridized carbons (Fsp3) is 0.917. The van der Waals surface area contributed by atoms with Crippen LogP contribution >= 0.6 is 15.9 Å². The third-order valence-corrected chi connectivity index (χ3v) is 2.36. The van der Waals surface area contributed by atoms with Crippen molar-refractivity contribution < 1.29 is 9.53 Å². The van der Waals surface area contributed by atoms with Gasteiger partial charge in [0.15, 0.2) is 0 Å². The van der Waals surface area contributed by atoms with Gasteiger partial charge in [-0.05, 0) is 33.7 Å². The Balaban J connectivity index is 4.02. The lowest BCUT2D eigenvalue weighted by Gasteiger charge is -2.24. The minimum absolute atomic E-state index is 0.135. The molecule has 0 saturated heterocycles. The van der Waals surface area contributed by atoms with Crippen molar-refractivity contribution >= 4 is 21.9 Å². The molecule has 0 aliphatic heterocycles. The molecular weight excluding hydrogens is 270 g/mol. The van der Waals surface area contributed by atoms with Crippen molar-refractivity contribution in [1.29, 1.82) is 0 Å². The molecule has 0 aromatic carbocycles. The summed E-state index contributed by atoms with van der Waals surface area (Å²) in [5.74, 6) is -0.135. The van der Waals surface area contributed by atoms with Gasteiger partial charge in [0.2, 0.25) is 0 Å². The van der Waals surface area contributed by atoms with Gasteiger partial charge < -0.3 is 4.74 Å². The Labute approximate surface area is 108 Å². The average molecular weight is 294 g/mol. The largest absolute Gasteiger partial charge is 0.459 e. The molecule has 16 heavy (non-hydrogen) atoms. The third-order valence-electron chi connectivity index (χ3n) is 2.00. The summed E-state index contributed by atoms with van der Waals surface area (Å²) < 4.78 is 5.30. The third kappa shape index (κ3) is 9.16. The lowest BCUT2D eigenvalue weighted by molar-refractivity contribution is -0.156. The van der Waals surface area contributed by atoms with Crippen molar-refractivity contribution in [2.24, 2.45) is 0 Å². The number of nitrogens with zero attached hydrogens (tertiary/aromatic N) is 1. The highest BCUT2D eigenvalue weighted by Crippen LogP contribution is 2.08. The molecule has 0 heterocycles. The summed E-state index contributed by atoms with van der Waals surface area (Å²) in [6.07, 6.45) is 2.27.